The van der Waals surface area contributed by atoms with Gasteiger partial charge < -0.3 is 4.57 Å². The van der Waals surface area contributed by atoms with Crippen LogP contribution in [0, 0.1) is 0 Å². The van der Waals surface area contributed by atoms with Gasteiger partial charge in [-0.15, -0.1) is 0 Å². The van der Waals surface area contributed by atoms with E-state index in [1.165, 1.54) is 0 Å². The highest BCUT2D eigenvalue weighted by Gasteiger charge is 2.18. The molecule has 0 atom stereocenters. The minimum absolute atomic E-state index is 0.251. The summed E-state index contributed by atoms with van der Waals surface area (Å²) < 4.78 is 3.25. The monoisotopic (exact) mass is 519 g/mol. The second kappa shape index (κ2) is 10.4. The number of rotatable bonds is 6. The predicted octanol–water partition coefficient (Wildman–Crippen LogP) is 7.34. The molecule has 0 bridgehead atoms. The van der Waals surface area contributed by atoms with E-state index >= 15 is 0 Å². The van der Waals surface area contributed by atoms with Crippen molar-refractivity contribution >= 4 is 28.1 Å². The van der Waals surface area contributed by atoms with E-state index < -0.39 is 0 Å². The number of hydrogen-bond acceptors (Lipinski definition) is 2. The van der Waals surface area contributed by atoms with Gasteiger partial charge >= 0.3 is 0 Å². The molecule has 1 N–H and O–H groups in total. The molecule has 0 spiro atoms. The third kappa shape index (κ3) is 5.00. The van der Waals surface area contributed by atoms with Crippen molar-refractivity contribution < 1.29 is 4.79 Å². The summed E-state index contributed by atoms with van der Waals surface area (Å²) in [5.41, 5.74) is 9.29. The SMILES string of the molecule is O=C(NN=Cc1cc(-c2ccccc2)n(-c2ccc(Br)cc2)c1-c1ccccc1)c1ccccc1. The summed E-state index contributed by atoms with van der Waals surface area (Å²) in [6.45, 7) is 0. The van der Waals surface area contributed by atoms with Gasteiger partial charge in [-0.05, 0) is 53.6 Å². The van der Waals surface area contributed by atoms with Crippen LogP contribution in [0.3, 0.4) is 0 Å². The van der Waals surface area contributed by atoms with Crippen molar-refractivity contribution in [2.45, 2.75) is 0 Å². The smallest absolute Gasteiger partial charge is 0.271 e. The average Bonchev–Trinajstić information content (AvgIpc) is 3.30. The Morgan fingerprint density at radius 1 is 0.743 bits per heavy atom. The Morgan fingerprint density at radius 2 is 1.31 bits per heavy atom. The summed E-state index contributed by atoms with van der Waals surface area (Å²) in [4.78, 5) is 12.5. The number of hydrazone groups is 1. The number of nitrogens with one attached hydrogen (secondary N) is 1. The van der Waals surface area contributed by atoms with Crippen LogP contribution in [0.25, 0.3) is 28.2 Å². The van der Waals surface area contributed by atoms with Gasteiger partial charge in [0, 0.05) is 21.3 Å². The molecule has 4 aromatic carbocycles. The van der Waals surface area contributed by atoms with Crippen molar-refractivity contribution in [3.05, 3.63) is 137 Å². The number of amides is 1. The molecule has 1 heterocycles. The van der Waals surface area contributed by atoms with Crippen LogP contribution in [-0.2, 0) is 0 Å². The van der Waals surface area contributed by atoms with E-state index in [9.17, 15) is 4.79 Å². The highest BCUT2D eigenvalue weighted by Crippen LogP contribution is 2.35. The first-order valence-corrected chi connectivity index (χ1v) is 12.0. The molecule has 5 rings (SSSR count). The van der Waals surface area contributed by atoms with Crippen LogP contribution in [0.5, 0.6) is 0 Å². The van der Waals surface area contributed by atoms with Crippen LogP contribution in [0.4, 0.5) is 0 Å². The molecular weight excluding hydrogens is 498 g/mol. The minimum Gasteiger partial charge on any atom is -0.309 e. The molecule has 1 aromatic heterocycles. The molecule has 0 aliphatic heterocycles. The third-order valence-electron chi connectivity index (χ3n) is 5.64. The molecule has 170 valence electrons. The van der Waals surface area contributed by atoms with E-state index in [-0.39, 0.29) is 5.91 Å². The van der Waals surface area contributed by atoms with Gasteiger partial charge in [-0.3, -0.25) is 4.79 Å². The van der Waals surface area contributed by atoms with Crippen molar-refractivity contribution in [3.63, 3.8) is 0 Å². The van der Waals surface area contributed by atoms with Crippen LogP contribution >= 0.6 is 15.9 Å². The molecule has 0 aliphatic rings. The fourth-order valence-electron chi connectivity index (χ4n) is 4.01. The molecule has 5 heteroatoms. The van der Waals surface area contributed by atoms with Crippen molar-refractivity contribution in [2.24, 2.45) is 5.10 Å². The Bertz CT molecular complexity index is 1460. The standard InChI is InChI=1S/C30H22BrN3O/c31-26-16-18-27(19-17-26)34-28(22-10-4-1-5-11-22)20-25(29(34)23-12-6-2-7-13-23)21-32-33-30(35)24-14-8-3-9-15-24/h1-21H,(H,33,35). The Balaban J connectivity index is 1.65. The summed E-state index contributed by atoms with van der Waals surface area (Å²) >= 11 is 3.55. The molecule has 0 saturated heterocycles. The van der Waals surface area contributed by atoms with Gasteiger partial charge in [0.25, 0.3) is 5.91 Å². The van der Waals surface area contributed by atoms with Gasteiger partial charge in [0.2, 0.25) is 0 Å². The van der Waals surface area contributed by atoms with Crippen LogP contribution < -0.4 is 5.43 Å². The summed E-state index contributed by atoms with van der Waals surface area (Å²) in [5, 5.41) is 4.31. The number of benzene rings is 4. The van der Waals surface area contributed by atoms with Gasteiger partial charge in [0.1, 0.15) is 0 Å². The first-order chi connectivity index (χ1) is 17.2. The predicted molar refractivity (Wildman–Crippen MR) is 146 cm³/mol. The number of hydrogen-bond donors (Lipinski definition) is 1. The maximum atomic E-state index is 12.5. The highest BCUT2D eigenvalue weighted by atomic mass is 79.9. The molecule has 0 saturated carbocycles. The molecule has 1 amide bonds. The Labute approximate surface area is 212 Å². The minimum atomic E-state index is -0.251. The first-order valence-electron chi connectivity index (χ1n) is 11.2. The molecule has 0 aliphatic carbocycles. The lowest BCUT2D eigenvalue weighted by Gasteiger charge is -2.15. The number of halogens is 1. The van der Waals surface area contributed by atoms with E-state index in [0.717, 1.165) is 38.2 Å². The van der Waals surface area contributed by atoms with E-state index in [2.05, 4.69) is 73.5 Å². The molecule has 0 fully saturated rings. The van der Waals surface area contributed by atoms with Crippen molar-refractivity contribution in [3.8, 4) is 28.2 Å². The lowest BCUT2D eigenvalue weighted by Crippen LogP contribution is -2.17. The molecular formula is C30H22BrN3O. The zero-order valence-corrected chi connectivity index (χ0v) is 20.4. The topological polar surface area (TPSA) is 46.4 Å². The summed E-state index contributed by atoms with van der Waals surface area (Å²) in [7, 11) is 0. The lowest BCUT2D eigenvalue weighted by atomic mass is 10.1. The van der Waals surface area contributed by atoms with Gasteiger partial charge in [0.15, 0.2) is 0 Å². The van der Waals surface area contributed by atoms with Crippen molar-refractivity contribution in [1.82, 2.24) is 9.99 Å². The van der Waals surface area contributed by atoms with Crippen LogP contribution in [0.1, 0.15) is 15.9 Å². The molecule has 4 nitrogen and oxygen atoms in total. The Kier molecular flexibility index (Phi) is 6.68. The molecule has 35 heavy (non-hydrogen) atoms. The number of nitrogens with zero attached hydrogens (tertiary/aromatic N) is 2. The van der Waals surface area contributed by atoms with E-state index in [0.29, 0.717) is 5.56 Å². The fourth-order valence-corrected chi connectivity index (χ4v) is 4.28. The average molecular weight is 520 g/mol. The van der Waals surface area contributed by atoms with E-state index in [1.54, 1.807) is 18.3 Å². The molecule has 0 unspecified atom stereocenters. The summed E-state index contributed by atoms with van der Waals surface area (Å²) in [6.07, 6.45) is 1.71. The van der Waals surface area contributed by atoms with Crippen molar-refractivity contribution in [2.75, 3.05) is 0 Å². The first kappa shape index (κ1) is 22.6. The molecule has 0 radical (unpaired) electrons. The highest BCUT2D eigenvalue weighted by molar-refractivity contribution is 9.10. The lowest BCUT2D eigenvalue weighted by molar-refractivity contribution is 0.0955. The van der Waals surface area contributed by atoms with E-state index in [4.69, 9.17) is 0 Å². The van der Waals surface area contributed by atoms with Crippen LogP contribution in [0.2, 0.25) is 0 Å². The summed E-state index contributed by atoms with van der Waals surface area (Å²) in [5.74, 6) is -0.251. The fraction of sp³-hybridized carbons (Fsp3) is 0. The van der Waals surface area contributed by atoms with Crippen LogP contribution in [0.15, 0.2) is 131 Å². The second-order valence-corrected chi connectivity index (χ2v) is 8.86. The number of carbonyl (C=O) groups excluding carboxylic acids is 1. The zero-order valence-electron chi connectivity index (χ0n) is 18.8. The normalized spacial score (nSPS) is 11.0. The van der Waals surface area contributed by atoms with Gasteiger partial charge in [-0.25, -0.2) is 5.43 Å². The Morgan fingerprint density at radius 3 is 1.94 bits per heavy atom. The summed E-state index contributed by atoms with van der Waals surface area (Å²) in [6, 6.07) is 39.9. The van der Waals surface area contributed by atoms with Crippen LogP contribution in [-0.4, -0.2) is 16.7 Å². The second-order valence-electron chi connectivity index (χ2n) is 7.94. The number of carbonyl (C=O) groups is 1. The van der Waals surface area contributed by atoms with Gasteiger partial charge in [-0.1, -0.05) is 94.8 Å². The van der Waals surface area contributed by atoms with Gasteiger partial charge in [0.05, 0.1) is 17.6 Å². The number of aromatic nitrogens is 1. The largest absolute Gasteiger partial charge is 0.309 e. The third-order valence-corrected chi connectivity index (χ3v) is 6.17. The van der Waals surface area contributed by atoms with E-state index in [1.807, 2.05) is 66.7 Å². The molecule has 5 aromatic rings. The Hall–Kier alpha value is -4.22. The maximum absolute atomic E-state index is 12.5. The quantitative estimate of drug-likeness (QED) is 0.185. The zero-order chi connectivity index (χ0) is 24.0. The maximum Gasteiger partial charge on any atom is 0.271 e. The van der Waals surface area contributed by atoms with Gasteiger partial charge in [-0.2, -0.15) is 5.10 Å². The van der Waals surface area contributed by atoms with Crippen molar-refractivity contribution in [1.29, 1.82) is 0 Å².